The highest BCUT2D eigenvalue weighted by Gasteiger charge is 2.21. The van der Waals surface area contributed by atoms with Crippen molar-refractivity contribution in [3.05, 3.63) is 41.7 Å². The van der Waals surface area contributed by atoms with E-state index in [0.717, 1.165) is 34.5 Å². The van der Waals surface area contributed by atoms with Gasteiger partial charge < -0.3 is 14.8 Å². The lowest BCUT2D eigenvalue weighted by Crippen LogP contribution is -2.14. The number of thiazole rings is 1. The maximum absolute atomic E-state index is 13.3. The molecule has 35 heavy (non-hydrogen) atoms. The molecule has 1 amide bonds. The average Bonchev–Trinajstić information content (AvgIpc) is 3.48. The van der Waals surface area contributed by atoms with Gasteiger partial charge in [-0.1, -0.05) is 24.2 Å². The first-order chi connectivity index (χ1) is 16.9. The van der Waals surface area contributed by atoms with Gasteiger partial charge in [0.1, 0.15) is 10.6 Å². The topological polar surface area (TPSA) is 102 Å². The summed E-state index contributed by atoms with van der Waals surface area (Å²) >= 11 is 1.42. The summed E-state index contributed by atoms with van der Waals surface area (Å²) in [6.07, 6.45) is 6.82. The Bertz CT molecular complexity index is 1240. The van der Waals surface area contributed by atoms with Crippen LogP contribution >= 0.6 is 11.3 Å². The van der Waals surface area contributed by atoms with Crippen LogP contribution in [0.1, 0.15) is 43.4 Å². The Balaban J connectivity index is 1.54. The molecule has 0 saturated heterocycles. The molecule has 1 saturated carbocycles. The van der Waals surface area contributed by atoms with E-state index in [9.17, 15) is 9.00 Å². The van der Waals surface area contributed by atoms with Crippen molar-refractivity contribution in [2.75, 3.05) is 24.3 Å². The summed E-state index contributed by atoms with van der Waals surface area (Å²) < 4.78 is 26.9. The summed E-state index contributed by atoms with van der Waals surface area (Å²) in [7, 11) is 1.50. The number of nitrogens with one attached hydrogen (secondary N) is 2. The van der Waals surface area contributed by atoms with Crippen molar-refractivity contribution in [2.45, 2.75) is 50.8 Å². The summed E-state index contributed by atoms with van der Waals surface area (Å²) in [5.41, 5.74) is 3.15. The molecule has 2 heterocycles. The van der Waals surface area contributed by atoms with Crippen LogP contribution in [-0.2, 0) is 15.8 Å². The molecule has 0 spiro atoms. The number of ether oxygens (including phenoxy) is 2. The highest BCUT2D eigenvalue weighted by Crippen LogP contribution is 2.37. The second-order valence-corrected chi connectivity index (χ2v) is 10.8. The van der Waals surface area contributed by atoms with Gasteiger partial charge in [-0.3, -0.25) is 9.52 Å². The van der Waals surface area contributed by atoms with Gasteiger partial charge >= 0.3 is 0 Å². The molecule has 2 aromatic heterocycles. The zero-order valence-electron chi connectivity index (χ0n) is 20.3. The molecule has 0 bridgehead atoms. The fraction of sp³-hybridized carbons (Fsp3) is 0.400. The van der Waals surface area contributed by atoms with Gasteiger partial charge in [-0.25, -0.2) is 14.2 Å². The number of amides is 1. The van der Waals surface area contributed by atoms with E-state index in [-0.39, 0.29) is 5.91 Å². The van der Waals surface area contributed by atoms with Crippen LogP contribution in [0.2, 0.25) is 0 Å². The molecule has 186 valence electrons. The number of benzene rings is 1. The van der Waals surface area contributed by atoms with Crippen LogP contribution in [0.3, 0.4) is 0 Å². The van der Waals surface area contributed by atoms with Crippen LogP contribution in [0.15, 0.2) is 35.4 Å². The van der Waals surface area contributed by atoms with E-state index < -0.39 is 11.0 Å². The van der Waals surface area contributed by atoms with Gasteiger partial charge in [-0.15, -0.1) is 0 Å². The predicted octanol–water partition coefficient (Wildman–Crippen LogP) is 5.49. The minimum atomic E-state index is -1.60. The Morgan fingerprint density at radius 2 is 1.94 bits per heavy atom. The molecule has 8 nitrogen and oxygen atoms in total. The Labute approximate surface area is 212 Å². The van der Waals surface area contributed by atoms with Crippen molar-refractivity contribution < 1.29 is 18.5 Å². The second kappa shape index (κ2) is 11.2. The van der Waals surface area contributed by atoms with E-state index in [0.29, 0.717) is 39.7 Å². The quantitative estimate of drug-likeness (QED) is 0.391. The lowest BCUT2D eigenvalue weighted by Gasteiger charge is -2.13. The van der Waals surface area contributed by atoms with E-state index in [2.05, 4.69) is 20.0 Å². The monoisotopic (exact) mass is 514 g/mol. The molecule has 4 rings (SSSR count). The van der Waals surface area contributed by atoms with Gasteiger partial charge in [0.25, 0.3) is 0 Å². The number of rotatable bonds is 9. The van der Waals surface area contributed by atoms with Crippen LogP contribution in [-0.4, -0.2) is 34.3 Å². The maximum atomic E-state index is 13.3. The summed E-state index contributed by atoms with van der Waals surface area (Å²) in [5, 5.41) is 3.54. The standard InChI is InChI=1S/C25H30N4O4S2/c1-15-11-23(33-4)26-14-19(15)29-35(31)21-13-18(9-10-20(21)32-3)24-16(2)27-25(34-24)28-22(30)12-17-7-5-6-8-17/h9-11,13-14,17,29H,5-8,12H2,1-4H3,(H,27,28,30). The molecule has 2 N–H and O–H groups in total. The number of aryl methyl sites for hydroxylation is 2. The predicted molar refractivity (Wildman–Crippen MR) is 140 cm³/mol. The van der Waals surface area contributed by atoms with Gasteiger partial charge in [0.15, 0.2) is 16.1 Å². The van der Waals surface area contributed by atoms with Crippen LogP contribution in [0, 0.1) is 19.8 Å². The van der Waals surface area contributed by atoms with Crippen molar-refractivity contribution in [2.24, 2.45) is 5.92 Å². The van der Waals surface area contributed by atoms with Gasteiger partial charge in [-0.05, 0) is 61.9 Å². The first kappa shape index (κ1) is 25.1. The number of nitrogens with zero attached hydrogens (tertiary/aromatic N) is 2. The van der Waals surface area contributed by atoms with Crippen LogP contribution < -0.4 is 19.5 Å². The van der Waals surface area contributed by atoms with Gasteiger partial charge in [0.05, 0.1) is 36.7 Å². The highest BCUT2D eigenvalue weighted by molar-refractivity contribution is 7.86. The molecular formula is C25H30N4O4S2. The highest BCUT2D eigenvalue weighted by atomic mass is 32.2. The third kappa shape index (κ3) is 5.99. The Hall–Kier alpha value is -2.98. The molecule has 1 unspecified atom stereocenters. The Morgan fingerprint density at radius 1 is 1.17 bits per heavy atom. The van der Waals surface area contributed by atoms with E-state index in [1.165, 1.54) is 24.2 Å². The SMILES string of the molecule is COc1cc(C)c(NS(=O)c2cc(-c3sc(NC(=O)CC4CCCC4)nc3C)ccc2OC)cn1. The third-order valence-corrected chi connectivity index (χ3v) is 8.36. The number of hydrogen-bond donors (Lipinski definition) is 2. The summed E-state index contributed by atoms with van der Waals surface area (Å²) in [6, 6.07) is 7.31. The van der Waals surface area contributed by atoms with Gasteiger partial charge in [0, 0.05) is 12.5 Å². The van der Waals surface area contributed by atoms with E-state index in [1.807, 2.05) is 26.0 Å². The number of methoxy groups -OCH3 is 2. The fourth-order valence-corrected chi connectivity index (χ4v) is 6.30. The summed E-state index contributed by atoms with van der Waals surface area (Å²) in [6.45, 7) is 3.80. The first-order valence-electron chi connectivity index (χ1n) is 11.5. The fourth-order valence-electron chi connectivity index (χ4n) is 4.23. The second-order valence-electron chi connectivity index (χ2n) is 8.61. The summed E-state index contributed by atoms with van der Waals surface area (Å²) in [4.78, 5) is 22.6. The Morgan fingerprint density at radius 3 is 2.63 bits per heavy atom. The number of pyridine rings is 1. The normalized spacial score (nSPS) is 14.5. The number of carbonyl (C=O) groups is 1. The van der Waals surface area contributed by atoms with Crippen molar-refractivity contribution in [1.82, 2.24) is 9.97 Å². The maximum Gasteiger partial charge on any atom is 0.226 e. The molecule has 1 atom stereocenters. The minimum Gasteiger partial charge on any atom is -0.495 e. The lowest BCUT2D eigenvalue weighted by molar-refractivity contribution is -0.117. The van der Waals surface area contributed by atoms with E-state index >= 15 is 0 Å². The van der Waals surface area contributed by atoms with Crippen LogP contribution in [0.25, 0.3) is 10.4 Å². The van der Waals surface area contributed by atoms with Crippen LogP contribution in [0.4, 0.5) is 10.8 Å². The summed E-state index contributed by atoms with van der Waals surface area (Å²) in [5.74, 6) is 1.49. The van der Waals surface area contributed by atoms with Gasteiger partial charge in [-0.2, -0.15) is 0 Å². The smallest absolute Gasteiger partial charge is 0.226 e. The van der Waals surface area contributed by atoms with Crippen molar-refractivity contribution in [3.63, 3.8) is 0 Å². The Kier molecular flexibility index (Phi) is 8.02. The molecule has 1 fully saturated rings. The largest absolute Gasteiger partial charge is 0.495 e. The number of carbonyl (C=O) groups excluding carboxylic acids is 1. The molecular weight excluding hydrogens is 484 g/mol. The molecule has 0 radical (unpaired) electrons. The number of anilines is 2. The lowest BCUT2D eigenvalue weighted by atomic mass is 10.0. The van der Waals surface area contributed by atoms with Crippen molar-refractivity contribution >= 4 is 39.0 Å². The zero-order valence-corrected chi connectivity index (χ0v) is 22.0. The first-order valence-corrected chi connectivity index (χ1v) is 13.5. The van der Waals surface area contributed by atoms with Gasteiger partial charge in [0.2, 0.25) is 11.8 Å². The van der Waals surface area contributed by atoms with E-state index in [4.69, 9.17) is 9.47 Å². The molecule has 3 aromatic rings. The number of aromatic nitrogens is 2. The third-order valence-electron chi connectivity index (χ3n) is 6.11. The number of hydrogen-bond acceptors (Lipinski definition) is 7. The average molecular weight is 515 g/mol. The van der Waals surface area contributed by atoms with Crippen molar-refractivity contribution in [1.29, 1.82) is 0 Å². The van der Waals surface area contributed by atoms with E-state index in [1.54, 1.807) is 32.5 Å². The molecule has 1 aliphatic carbocycles. The molecule has 1 aromatic carbocycles. The molecule has 1 aliphatic rings. The molecule has 0 aliphatic heterocycles. The molecule has 10 heteroatoms. The van der Waals surface area contributed by atoms with Crippen molar-refractivity contribution in [3.8, 4) is 22.1 Å². The van der Waals surface area contributed by atoms with Crippen LogP contribution in [0.5, 0.6) is 11.6 Å². The zero-order chi connectivity index (χ0) is 24.9. The minimum absolute atomic E-state index is 0.0152.